The fourth-order valence-corrected chi connectivity index (χ4v) is 3.22. The quantitative estimate of drug-likeness (QED) is 0.117. The number of unbranched alkanes of at least 4 members (excludes halogenated alkanes) is 3. The highest BCUT2D eigenvalue weighted by Gasteiger charge is 2.06. The lowest BCUT2D eigenvalue weighted by Crippen LogP contribution is -2.25. The number of hydrogen-bond acceptors (Lipinski definition) is 7. The molecule has 11 nitrogen and oxygen atoms in total. The van der Waals surface area contributed by atoms with Crippen LogP contribution in [0.5, 0.6) is 0 Å². The molecule has 0 saturated heterocycles. The van der Waals surface area contributed by atoms with Gasteiger partial charge in [0.15, 0.2) is 0 Å². The van der Waals surface area contributed by atoms with Crippen molar-refractivity contribution >= 4 is 29.3 Å². The van der Waals surface area contributed by atoms with E-state index in [-0.39, 0.29) is 24.1 Å². The normalized spacial score (nSPS) is 9.55. The Morgan fingerprint density at radius 3 is 1.50 bits per heavy atom. The summed E-state index contributed by atoms with van der Waals surface area (Å²) in [5.74, 6) is -0.981. The van der Waals surface area contributed by atoms with Crippen molar-refractivity contribution in [2.45, 2.75) is 58.8 Å². The van der Waals surface area contributed by atoms with Crippen LogP contribution in [-0.2, 0) is 9.59 Å². The van der Waals surface area contributed by atoms with Gasteiger partial charge in [0.1, 0.15) is 0 Å². The summed E-state index contributed by atoms with van der Waals surface area (Å²) in [6.07, 6.45) is 4.22. The van der Waals surface area contributed by atoms with Crippen LogP contribution in [0.25, 0.3) is 0 Å². The number of carbonyl (C=O) groups is 4. The van der Waals surface area contributed by atoms with Crippen molar-refractivity contribution in [1.29, 1.82) is 0 Å². The third kappa shape index (κ3) is 16.8. The van der Waals surface area contributed by atoms with E-state index in [1.165, 1.54) is 0 Å². The number of rotatable bonds is 14. The average Bonchev–Trinajstić information content (AvgIpc) is 2.99. The largest absolute Gasteiger partial charge is 0.378 e. The second-order valence-electron chi connectivity index (χ2n) is 8.66. The number of nitrogens with one attached hydrogen (secondary N) is 4. The molecule has 2 aromatic carbocycles. The van der Waals surface area contributed by atoms with Crippen LogP contribution in [0.4, 0.5) is 5.69 Å². The molecule has 2 aromatic rings. The van der Waals surface area contributed by atoms with Gasteiger partial charge in [-0.15, -0.1) is 0 Å². The molecule has 4 amide bonds. The Morgan fingerprint density at radius 1 is 0.625 bits per heavy atom. The summed E-state index contributed by atoms with van der Waals surface area (Å²) >= 11 is 0. The maximum absolute atomic E-state index is 11.9. The Bertz CT molecular complexity index is 984. The Labute approximate surface area is 237 Å². The van der Waals surface area contributed by atoms with Gasteiger partial charge in [-0.05, 0) is 62.1 Å². The first-order chi connectivity index (χ1) is 19.3. The predicted octanol–water partition coefficient (Wildman–Crippen LogP) is 3.67. The van der Waals surface area contributed by atoms with Gasteiger partial charge in [0.25, 0.3) is 11.8 Å². The van der Waals surface area contributed by atoms with Gasteiger partial charge in [0, 0.05) is 56.8 Å². The maximum Gasteiger partial charge on any atom is 0.251 e. The van der Waals surface area contributed by atoms with Crippen LogP contribution in [0.2, 0.25) is 0 Å². The molecule has 0 aromatic heterocycles. The SMILES string of the molecule is CC.CN(C)c1ccc(C(=O)NCCCCCC(=O)NO)cc1.O=C(CCCCNC(=O)c1ccccc1)NO. The van der Waals surface area contributed by atoms with E-state index in [1.807, 2.05) is 51.0 Å². The molecule has 0 unspecified atom stereocenters. The number of nitrogens with zero attached hydrogens (tertiary/aromatic N) is 1. The van der Waals surface area contributed by atoms with Gasteiger partial charge in [0.2, 0.25) is 11.8 Å². The highest BCUT2D eigenvalue weighted by atomic mass is 16.5. The number of benzene rings is 2. The lowest BCUT2D eigenvalue weighted by Gasteiger charge is -2.12. The molecule has 0 aliphatic rings. The summed E-state index contributed by atoms with van der Waals surface area (Å²) in [6, 6.07) is 16.4. The summed E-state index contributed by atoms with van der Waals surface area (Å²) in [7, 11) is 3.90. The number of amides is 4. The minimum absolute atomic E-state index is 0.0894. The van der Waals surface area contributed by atoms with Crippen LogP contribution in [0.1, 0.15) is 79.5 Å². The van der Waals surface area contributed by atoms with Crippen molar-refractivity contribution in [2.24, 2.45) is 0 Å². The Morgan fingerprint density at radius 2 is 1.05 bits per heavy atom. The first kappa shape index (κ1) is 36.0. The van der Waals surface area contributed by atoms with Crippen LogP contribution < -0.4 is 26.5 Å². The monoisotopic (exact) mass is 559 g/mol. The summed E-state index contributed by atoms with van der Waals surface area (Å²) in [6.45, 7) is 5.10. The third-order valence-electron chi connectivity index (χ3n) is 5.41. The fourth-order valence-electron chi connectivity index (χ4n) is 3.22. The zero-order valence-corrected chi connectivity index (χ0v) is 24.0. The Hall–Kier alpha value is -3.96. The van der Waals surface area contributed by atoms with E-state index in [4.69, 9.17) is 10.4 Å². The lowest BCUT2D eigenvalue weighted by atomic mass is 10.1. The molecule has 0 bridgehead atoms. The second-order valence-corrected chi connectivity index (χ2v) is 8.66. The third-order valence-corrected chi connectivity index (χ3v) is 5.41. The lowest BCUT2D eigenvalue weighted by molar-refractivity contribution is -0.129. The standard InChI is InChI=1S/C15H23N3O3.C12H16N2O3.C2H6/c1-18(2)13-9-7-12(8-10-13)15(20)16-11-5-3-4-6-14(19)17-21;15-11(14-17)8-4-5-9-13-12(16)10-6-2-1-3-7-10;1-2/h7-10,21H,3-6,11H2,1-2H3,(H,16,20)(H,17,19);1-3,6-7,17H,4-5,8-9H2,(H,13,16)(H,14,15);1-2H3. The molecule has 0 atom stereocenters. The Kier molecular flexibility index (Phi) is 20.7. The highest BCUT2D eigenvalue weighted by Crippen LogP contribution is 2.12. The second kappa shape index (κ2) is 23.0. The number of hydroxylamine groups is 2. The molecule has 0 spiro atoms. The number of anilines is 1. The number of carbonyl (C=O) groups excluding carboxylic acids is 4. The van der Waals surface area contributed by atoms with Gasteiger partial charge in [-0.1, -0.05) is 38.5 Å². The van der Waals surface area contributed by atoms with E-state index in [1.54, 1.807) is 47.4 Å². The molecule has 11 heteroatoms. The van der Waals surface area contributed by atoms with Gasteiger partial charge < -0.3 is 15.5 Å². The number of hydrogen-bond donors (Lipinski definition) is 6. The van der Waals surface area contributed by atoms with Gasteiger partial charge in [-0.2, -0.15) is 0 Å². The van der Waals surface area contributed by atoms with Gasteiger partial charge in [-0.3, -0.25) is 29.6 Å². The minimum Gasteiger partial charge on any atom is -0.378 e. The molecule has 40 heavy (non-hydrogen) atoms. The first-order valence-electron chi connectivity index (χ1n) is 13.5. The van der Waals surface area contributed by atoms with Crippen molar-refractivity contribution in [3.8, 4) is 0 Å². The van der Waals surface area contributed by atoms with Crippen molar-refractivity contribution in [1.82, 2.24) is 21.6 Å². The van der Waals surface area contributed by atoms with E-state index in [0.29, 0.717) is 49.9 Å². The summed E-state index contributed by atoms with van der Waals surface area (Å²) in [5.41, 5.74) is 5.47. The van der Waals surface area contributed by atoms with Crippen LogP contribution in [0.3, 0.4) is 0 Å². The van der Waals surface area contributed by atoms with Crippen LogP contribution in [0.15, 0.2) is 54.6 Å². The van der Waals surface area contributed by atoms with Crippen molar-refractivity contribution < 1.29 is 29.6 Å². The van der Waals surface area contributed by atoms with Gasteiger partial charge in [0.05, 0.1) is 0 Å². The smallest absolute Gasteiger partial charge is 0.251 e. The Balaban J connectivity index is 0.000000730. The highest BCUT2D eigenvalue weighted by molar-refractivity contribution is 5.94. The van der Waals surface area contributed by atoms with Crippen molar-refractivity contribution in [3.63, 3.8) is 0 Å². The molecule has 0 aliphatic heterocycles. The molecule has 6 N–H and O–H groups in total. The maximum atomic E-state index is 11.9. The molecule has 0 fully saturated rings. The van der Waals surface area contributed by atoms with Gasteiger partial charge >= 0.3 is 0 Å². The topological polar surface area (TPSA) is 160 Å². The zero-order valence-electron chi connectivity index (χ0n) is 24.0. The molecule has 2 rings (SSSR count). The summed E-state index contributed by atoms with van der Waals surface area (Å²) in [5, 5.41) is 22.2. The first-order valence-corrected chi connectivity index (χ1v) is 13.5. The van der Waals surface area contributed by atoms with Crippen LogP contribution in [-0.4, -0.2) is 61.2 Å². The van der Waals surface area contributed by atoms with E-state index in [9.17, 15) is 19.2 Å². The summed E-state index contributed by atoms with van der Waals surface area (Å²) in [4.78, 5) is 46.9. The molecular weight excluding hydrogens is 514 g/mol. The van der Waals surface area contributed by atoms with Crippen molar-refractivity contribution in [3.05, 3.63) is 65.7 Å². The molecular formula is C29H45N5O6. The van der Waals surface area contributed by atoms with E-state index >= 15 is 0 Å². The van der Waals surface area contributed by atoms with Gasteiger partial charge in [-0.25, -0.2) is 11.0 Å². The minimum atomic E-state index is -0.403. The molecule has 0 aliphatic carbocycles. The zero-order chi connectivity index (χ0) is 30.2. The van der Waals surface area contributed by atoms with Crippen molar-refractivity contribution in [2.75, 3.05) is 32.1 Å². The average molecular weight is 560 g/mol. The predicted molar refractivity (Wildman–Crippen MR) is 155 cm³/mol. The van der Waals surface area contributed by atoms with E-state index in [0.717, 1.165) is 18.5 Å². The fraction of sp³-hybridized carbons (Fsp3) is 0.448. The van der Waals surface area contributed by atoms with E-state index in [2.05, 4.69) is 10.6 Å². The van der Waals surface area contributed by atoms with E-state index < -0.39 is 5.91 Å². The molecule has 222 valence electrons. The molecule has 0 saturated carbocycles. The van der Waals surface area contributed by atoms with Crippen LogP contribution in [0, 0.1) is 0 Å². The molecule has 0 heterocycles. The van der Waals surface area contributed by atoms with Crippen LogP contribution >= 0.6 is 0 Å². The summed E-state index contributed by atoms with van der Waals surface area (Å²) < 4.78 is 0. The molecule has 0 radical (unpaired) electrons.